The number of halogens is 3. The number of alkyl halides is 3. The van der Waals surface area contributed by atoms with E-state index in [1.807, 2.05) is 18.2 Å². The van der Waals surface area contributed by atoms with Crippen molar-refractivity contribution in [2.75, 3.05) is 18.5 Å². The Kier molecular flexibility index (Phi) is 6.49. The highest BCUT2D eigenvalue weighted by atomic mass is 19.4. The van der Waals surface area contributed by atoms with Crippen LogP contribution in [0.25, 0.3) is 0 Å². The van der Waals surface area contributed by atoms with Crippen molar-refractivity contribution >= 4 is 11.6 Å². The number of carbonyl (C=O) groups is 1. The van der Waals surface area contributed by atoms with E-state index in [1.165, 1.54) is 17.7 Å². The molecule has 0 fully saturated rings. The Morgan fingerprint density at radius 2 is 1.88 bits per heavy atom. The third-order valence-corrected chi connectivity index (χ3v) is 3.72. The van der Waals surface area contributed by atoms with Crippen LogP contribution in [0.15, 0.2) is 48.5 Å². The van der Waals surface area contributed by atoms with Crippen LogP contribution < -0.4 is 15.8 Å². The summed E-state index contributed by atoms with van der Waals surface area (Å²) in [6.45, 7) is 1.24. The fourth-order valence-corrected chi connectivity index (χ4v) is 2.50. The van der Waals surface area contributed by atoms with Gasteiger partial charge in [0, 0.05) is 12.2 Å². The molecule has 2 aromatic carbocycles. The number of amides is 1. The molecule has 0 aliphatic heterocycles. The molecule has 0 radical (unpaired) electrons. The third kappa shape index (κ3) is 6.31. The van der Waals surface area contributed by atoms with Crippen LogP contribution in [-0.4, -0.2) is 25.2 Å². The van der Waals surface area contributed by atoms with Gasteiger partial charge in [0.1, 0.15) is 5.75 Å². The van der Waals surface area contributed by atoms with Gasteiger partial charge in [-0.25, -0.2) is 0 Å². The van der Waals surface area contributed by atoms with Crippen molar-refractivity contribution in [3.05, 3.63) is 59.7 Å². The quantitative estimate of drug-likeness (QED) is 0.742. The van der Waals surface area contributed by atoms with E-state index in [-0.39, 0.29) is 11.3 Å². The molecule has 0 saturated carbocycles. The average Bonchev–Trinajstić information content (AvgIpc) is 2.58. The Hall–Kier alpha value is -2.70. The first-order chi connectivity index (χ1) is 12.2. The molecule has 0 aliphatic carbocycles. The first-order valence-corrected chi connectivity index (χ1v) is 8.16. The topological polar surface area (TPSA) is 64.3 Å². The Labute approximate surface area is 150 Å². The minimum atomic E-state index is -4.49. The first kappa shape index (κ1) is 19.6. The van der Waals surface area contributed by atoms with Crippen molar-refractivity contribution in [1.29, 1.82) is 0 Å². The second kappa shape index (κ2) is 8.60. The van der Waals surface area contributed by atoms with E-state index in [0.29, 0.717) is 18.2 Å². The summed E-state index contributed by atoms with van der Waals surface area (Å²) in [7, 11) is 0. The van der Waals surface area contributed by atoms with Crippen LogP contribution in [0.4, 0.5) is 18.9 Å². The molecule has 0 saturated heterocycles. The zero-order valence-corrected chi connectivity index (χ0v) is 14.3. The van der Waals surface area contributed by atoms with E-state index in [1.54, 1.807) is 6.07 Å². The van der Waals surface area contributed by atoms with Crippen molar-refractivity contribution < 1.29 is 22.7 Å². The highest BCUT2D eigenvalue weighted by Crippen LogP contribution is 2.25. The molecule has 26 heavy (non-hydrogen) atoms. The van der Waals surface area contributed by atoms with E-state index in [9.17, 15) is 18.0 Å². The van der Waals surface area contributed by atoms with Gasteiger partial charge in [0.05, 0.1) is 5.56 Å². The van der Waals surface area contributed by atoms with E-state index in [0.717, 1.165) is 6.42 Å². The van der Waals surface area contributed by atoms with Crippen LogP contribution in [0.2, 0.25) is 0 Å². The first-order valence-electron chi connectivity index (χ1n) is 8.16. The predicted molar refractivity (Wildman–Crippen MR) is 94.3 cm³/mol. The SMILES string of the molecule is CC(CNc1ccc(OCC(F)(F)F)c(C(N)=O)c1)Cc1ccccc1. The maximum atomic E-state index is 12.3. The van der Waals surface area contributed by atoms with Crippen LogP contribution in [0.3, 0.4) is 0 Å². The van der Waals surface area contributed by atoms with Gasteiger partial charge in [0.15, 0.2) is 6.61 Å². The molecule has 0 spiro atoms. The van der Waals surface area contributed by atoms with Crippen molar-refractivity contribution in [2.45, 2.75) is 19.5 Å². The van der Waals surface area contributed by atoms with Gasteiger partial charge in [0.2, 0.25) is 0 Å². The third-order valence-electron chi connectivity index (χ3n) is 3.72. The lowest BCUT2D eigenvalue weighted by molar-refractivity contribution is -0.153. The molecule has 1 amide bonds. The number of hydrogen-bond donors (Lipinski definition) is 2. The van der Waals surface area contributed by atoms with E-state index in [2.05, 4.69) is 29.1 Å². The second-order valence-corrected chi connectivity index (χ2v) is 6.15. The second-order valence-electron chi connectivity index (χ2n) is 6.15. The van der Waals surface area contributed by atoms with E-state index >= 15 is 0 Å². The maximum Gasteiger partial charge on any atom is 0.422 e. The van der Waals surface area contributed by atoms with Crippen molar-refractivity contribution in [3.63, 3.8) is 0 Å². The van der Waals surface area contributed by atoms with Crippen LogP contribution in [-0.2, 0) is 6.42 Å². The predicted octanol–water partition coefficient (Wildman–Crippen LogP) is 4.02. The zero-order chi connectivity index (χ0) is 19.2. The van der Waals surface area contributed by atoms with E-state index in [4.69, 9.17) is 5.73 Å². The molecule has 0 aliphatic rings. The van der Waals surface area contributed by atoms with Crippen LogP contribution in [0.5, 0.6) is 5.75 Å². The summed E-state index contributed by atoms with van der Waals surface area (Å²) in [5.41, 5.74) is 6.98. The van der Waals surface area contributed by atoms with Crippen molar-refractivity contribution in [2.24, 2.45) is 11.7 Å². The van der Waals surface area contributed by atoms with Crippen molar-refractivity contribution in [1.82, 2.24) is 0 Å². The van der Waals surface area contributed by atoms with Gasteiger partial charge in [-0.1, -0.05) is 37.3 Å². The molecule has 2 rings (SSSR count). The summed E-state index contributed by atoms with van der Waals surface area (Å²) in [6.07, 6.45) is -3.61. The molecule has 140 valence electrons. The molecule has 1 atom stereocenters. The van der Waals surface area contributed by atoms with E-state index < -0.39 is 18.7 Å². The molecule has 7 heteroatoms. The Bertz CT molecular complexity index is 733. The summed E-state index contributed by atoms with van der Waals surface area (Å²) in [4.78, 5) is 11.5. The summed E-state index contributed by atoms with van der Waals surface area (Å²) >= 11 is 0. The fraction of sp³-hybridized carbons (Fsp3) is 0.316. The highest BCUT2D eigenvalue weighted by molar-refractivity contribution is 5.96. The van der Waals surface area contributed by atoms with Gasteiger partial charge < -0.3 is 15.8 Å². The van der Waals surface area contributed by atoms with Crippen LogP contribution >= 0.6 is 0 Å². The summed E-state index contributed by atoms with van der Waals surface area (Å²) < 4.78 is 41.5. The zero-order valence-electron chi connectivity index (χ0n) is 14.3. The number of nitrogens with two attached hydrogens (primary N) is 1. The number of rotatable bonds is 8. The summed E-state index contributed by atoms with van der Waals surface area (Å²) in [6, 6.07) is 14.3. The molecule has 3 N–H and O–H groups in total. The van der Waals surface area contributed by atoms with Gasteiger partial charge in [-0.2, -0.15) is 13.2 Å². The molecule has 0 aromatic heterocycles. The standard InChI is InChI=1S/C19H21F3N2O2/c1-13(9-14-5-3-2-4-6-14)11-24-15-7-8-17(16(10-15)18(23)25)26-12-19(20,21)22/h2-8,10,13,24H,9,11-12H2,1H3,(H2,23,25). The number of hydrogen-bond acceptors (Lipinski definition) is 3. The maximum absolute atomic E-state index is 12.3. The van der Waals surface area contributed by atoms with Gasteiger partial charge in [0.25, 0.3) is 5.91 Å². The lowest BCUT2D eigenvalue weighted by Crippen LogP contribution is -2.21. The Morgan fingerprint density at radius 1 is 1.19 bits per heavy atom. The minimum absolute atomic E-state index is 0.0880. The van der Waals surface area contributed by atoms with Gasteiger partial charge >= 0.3 is 6.18 Å². The molecule has 1 unspecified atom stereocenters. The lowest BCUT2D eigenvalue weighted by Gasteiger charge is -2.16. The molecule has 2 aromatic rings. The van der Waals surface area contributed by atoms with Gasteiger partial charge in [-0.3, -0.25) is 4.79 Å². The summed E-state index contributed by atoms with van der Waals surface area (Å²) in [5.74, 6) is -0.712. The molecular weight excluding hydrogens is 345 g/mol. The fourth-order valence-electron chi connectivity index (χ4n) is 2.50. The minimum Gasteiger partial charge on any atom is -0.483 e. The van der Waals surface area contributed by atoms with Crippen molar-refractivity contribution in [3.8, 4) is 5.75 Å². The largest absolute Gasteiger partial charge is 0.483 e. The number of anilines is 1. The van der Waals surface area contributed by atoms with Crippen LogP contribution in [0.1, 0.15) is 22.8 Å². The number of nitrogens with one attached hydrogen (secondary N) is 1. The number of benzene rings is 2. The van der Waals surface area contributed by atoms with Gasteiger partial charge in [-0.05, 0) is 36.1 Å². The smallest absolute Gasteiger partial charge is 0.422 e. The molecule has 4 nitrogen and oxygen atoms in total. The average molecular weight is 366 g/mol. The normalized spacial score (nSPS) is 12.5. The van der Waals surface area contributed by atoms with Crippen LogP contribution in [0, 0.1) is 5.92 Å². The molecule has 0 bridgehead atoms. The Morgan fingerprint density at radius 3 is 2.50 bits per heavy atom. The van der Waals surface area contributed by atoms with Gasteiger partial charge in [-0.15, -0.1) is 0 Å². The number of ether oxygens (including phenoxy) is 1. The number of primary amides is 1. The number of carbonyl (C=O) groups excluding carboxylic acids is 1. The highest BCUT2D eigenvalue weighted by Gasteiger charge is 2.29. The molecule has 0 heterocycles. The summed E-state index contributed by atoms with van der Waals surface area (Å²) in [5, 5.41) is 3.17. The Balaban J connectivity index is 1.99. The molecular formula is C19H21F3N2O2. The lowest BCUT2D eigenvalue weighted by atomic mass is 10.0. The monoisotopic (exact) mass is 366 g/mol.